The number of hydrogen-bond acceptors (Lipinski definition) is 6. The summed E-state index contributed by atoms with van der Waals surface area (Å²) in [5, 5.41) is 15.5. The van der Waals surface area contributed by atoms with Crippen LogP contribution in [-0.4, -0.2) is 38.0 Å². The van der Waals surface area contributed by atoms with Gasteiger partial charge in [0, 0.05) is 12.1 Å². The minimum Gasteiger partial charge on any atom is -0.357 e. The highest BCUT2D eigenvalue weighted by atomic mass is 32.1. The average molecular weight is 422 g/mol. The van der Waals surface area contributed by atoms with E-state index in [0.717, 1.165) is 24.0 Å². The molecule has 1 aliphatic carbocycles. The zero-order valence-corrected chi connectivity index (χ0v) is 16.8. The molecule has 2 heterocycles. The molecule has 0 aliphatic heterocycles. The second kappa shape index (κ2) is 7.83. The minimum atomic E-state index is -0.322. The Balaban J connectivity index is 1.33. The molecule has 2 unspecified atom stereocenters. The van der Waals surface area contributed by atoms with Crippen LogP contribution in [0.15, 0.2) is 54.9 Å². The Morgan fingerprint density at radius 2 is 1.87 bits per heavy atom. The highest BCUT2D eigenvalue weighted by Crippen LogP contribution is 2.30. The third-order valence-corrected chi connectivity index (χ3v) is 6.25. The number of rotatable bonds is 5. The fraction of sp³-hybridized carbons (Fsp3) is 0.238. The van der Waals surface area contributed by atoms with Gasteiger partial charge in [-0.05, 0) is 43.5 Å². The molecule has 4 aromatic rings. The van der Waals surface area contributed by atoms with E-state index in [-0.39, 0.29) is 23.8 Å². The summed E-state index contributed by atoms with van der Waals surface area (Å²) >= 11 is 1.42. The predicted octanol–water partition coefficient (Wildman–Crippen LogP) is 3.78. The average Bonchev–Trinajstić information content (AvgIpc) is 3.50. The van der Waals surface area contributed by atoms with Gasteiger partial charge >= 0.3 is 0 Å². The van der Waals surface area contributed by atoms with Gasteiger partial charge in [0.05, 0.1) is 28.3 Å². The maximum atomic E-state index is 14.0. The smallest absolute Gasteiger partial charge is 0.253 e. The van der Waals surface area contributed by atoms with Crippen LogP contribution in [-0.2, 0) is 0 Å². The zero-order chi connectivity index (χ0) is 20.5. The van der Waals surface area contributed by atoms with Crippen LogP contribution >= 0.6 is 11.3 Å². The van der Waals surface area contributed by atoms with Gasteiger partial charge < -0.3 is 10.6 Å². The lowest BCUT2D eigenvalue weighted by Gasteiger charge is -2.22. The van der Waals surface area contributed by atoms with E-state index < -0.39 is 0 Å². The Morgan fingerprint density at radius 3 is 2.70 bits per heavy atom. The van der Waals surface area contributed by atoms with E-state index in [4.69, 9.17) is 0 Å². The molecule has 0 radical (unpaired) electrons. The van der Waals surface area contributed by atoms with Gasteiger partial charge in [0.25, 0.3) is 5.91 Å². The summed E-state index contributed by atoms with van der Waals surface area (Å²) < 4.78 is 14.8. The summed E-state index contributed by atoms with van der Waals surface area (Å²) in [5.74, 6) is -0.492. The largest absolute Gasteiger partial charge is 0.357 e. The molecule has 2 N–H and O–H groups in total. The molecule has 1 amide bonds. The van der Waals surface area contributed by atoms with E-state index in [2.05, 4.69) is 25.8 Å². The normalized spacial score (nSPS) is 18.6. The monoisotopic (exact) mass is 422 g/mol. The summed E-state index contributed by atoms with van der Waals surface area (Å²) in [7, 11) is 0. The Labute approximate surface area is 175 Å². The molecule has 5 rings (SSSR count). The van der Waals surface area contributed by atoms with Crippen molar-refractivity contribution in [3.05, 3.63) is 66.2 Å². The molecule has 152 valence electrons. The van der Waals surface area contributed by atoms with Crippen molar-refractivity contribution >= 4 is 32.6 Å². The number of aromatic nitrogens is 4. The molecule has 1 fully saturated rings. The second-order valence-corrected chi connectivity index (χ2v) is 8.23. The van der Waals surface area contributed by atoms with Gasteiger partial charge in [-0.3, -0.25) is 4.79 Å². The van der Waals surface area contributed by atoms with Gasteiger partial charge in [0.2, 0.25) is 0 Å². The Hall–Kier alpha value is -3.33. The minimum absolute atomic E-state index is 0.0348. The Kier molecular flexibility index (Phi) is 4.88. The molecule has 2 atom stereocenters. The van der Waals surface area contributed by atoms with Crippen LogP contribution in [0.4, 0.5) is 9.52 Å². The number of nitrogens with one attached hydrogen (secondary N) is 2. The first-order valence-corrected chi connectivity index (χ1v) is 10.6. The SMILES string of the molecule is O=C(NC1CCCC1Nc1nc2c(F)cccc2s1)c1ccccc1-n1nccn1. The standard InChI is InChI=1S/C21H19FN6OS/c22-14-6-3-10-18-19(14)27-21(30-18)26-16-8-4-7-15(16)25-20(29)13-5-1-2-9-17(13)28-23-11-12-24-28/h1-3,5-6,9-12,15-16H,4,7-8H2,(H,25,29)(H,26,27). The number of nitrogens with zero attached hydrogens (tertiary/aromatic N) is 4. The van der Waals surface area contributed by atoms with Crippen LogP contribution in [0.2, 0.25) is 0 Å². The summed E-state index contributed by atoms with van der Waals surface area (Å²) in [5.41, 5.74) is 1.52. The third-order valence-electron chi connectivity index (χ3n) is 5.29. The zero-order valence-electron chi connectivity index (χ0n) is 16.0. The Morgan fingerprint density at radius 1 is 1.07 bits per heavy atom. The lowest BCUT2D eigenvalue weighted by Crippen LogP contribution is -2.43. The molecular formula is C21H19FN6OS. The van der Waals surface area contributed by atoms with Crippen molar-refractivity contribution in [1.82, 2.24) is 25.3 Å². The van der Waals surface area contributed by atoms with Gasteiger partial charge in [-0.2, -0.15) is 15.0 Å². The number of anilines is 1. The maximum Gasteiger partial charge on any atom is 0.253 e. The molecule has 0 bridgehead atoms. The summed E-state index contributed by atoms with van der Waals surface area (Å²) in [6.07, 6.45) is 5.92. The quantitative estimate of drug-likeness (QED) is 0.511. The van der Waals surface area contributed by atoms with Gasteiger partial charge in [0.15, 0.2) is 5.13 Å². The third kappa shape index (κ3) is 3.52. The molecule has 2 aromatic heterocycles. The number of carbonyl (C=O) groups is 1. The second-order valence-electron chi connectivity index (χ2n) is 7.20. The number of para-hydroxylation sites is 2. The van der Waals surface area contributed by atoms with E-state index in [0.29, 0.717) is 21.9 Å². The fourth-order valence-electron chi connectivity index (χ4n) is 3.87. The number of halogens is 1. The lowest BCUT2D eigenvalue weighted by atomic mass is 10.1. The van der Waals surface area contributed by atoms with E-state index in [1.54, 1.807) is 24.5 Å². The van der Waals surface area contributed by atoms with Crippen molar-refractivity contribution in [2.75, 3.05) is 5.32 Å². The fourth-order valence-corrected chi connectivity index (χ4v) is 4.81. The maximum absolute atomic E-state index is 14.0. The van der Waals surface area contributed by atoms with Crippen LogP contribution in [0, 0.1) is 5.82 Å². The number of amides is 1. The Bertz CT molecular complexity index is 1190. The molecule has 0 spiro atoms. The van der Waals surface area contributed by atoms with Crippen LogP contribution in [0.25, 0.3) is 15.9 Å². The van der Waals surface area contributed by atoms with Gasteiger partial charge in [-0.1, -0.05) is 29.5 Å². The molecule has 0 saturated heterocycles. The lowest BCUT2D eigenvalue weighted by molar-refractivity contribution is 0.0935. The molecule has 9 heteroatoms. The van der Waals surface area contributed by atoms with Crippen molar-refractivity contribution in [3.8, 4) is 5.69 Å². The molecular weight excluding hydrogens is 403 g/mol. The molecule has 7 nitrogen and oxygen atoms in total. The first kappa shape index (κ1) is 18.7. The van der Waals surface area contributed by atoms with Crippen LogP contribution in [0.3, 0.4) is 0 Å². The van der Waals surface area contributed by atoms with Crippen molar-refractivity contribution in [2.45, 2.75) is 31.3 Å². The predicted molar refractivity (Wildman–Crippen MR) is 113 cm³/mol. The van der Waals surface area contributed by atoms with Crippen molar-refractivity contribution in [1.29, 1.82) is 0 Å². The van der Waals surface area contributed by atoms with Gasteiger partial charge in [0.1, 0.15) is 11.3 Å². The van der Waals surface area contributed by atoms with Crippen LogP contribution in [0.1, 0.15) is 29.6 Å². The molecule has 1 aliphatic rings. The number of thiazole rings is 1. The number of benzene rings is 2. The van der Waals surface area contributed by atoms with Crippen molar-refractivity contribution in [3.63, 3.8) is 0 Å². The number of hydrogen-bond donors (Lipinski definition) is 2. The first-order chi connectivity index (χ1) is 14.7. The number of carbonyl (C=O) groups excluding carboxylic acids is 1. The first-order valence-electron chi connectivity index (χ1n) is 9.77. The van der Waals surface area contributed by atoms with E-state index in [9.17, 15) is 9.18 Å². The van der Waals surface area contributed by atoms with Crippen LogP contribution in [0.5, 0.6) is 0 Å². The number of fused-ring (bicyclic) bond motifs is 1. The van der Waals surface area contributed by atoms with Gasteiger partial charge in [-0.25, -0.2) is 9.37 Å². The summed E-state index contributed by atoms with van der Waals surface area (Å²) in [4.78, 5) is 18.9. The molecule has 30 heavy (non-hydrogen) atoms. The topological polar surface area (TPSA) is 84.7 Å². The summed E-state index contributed by atoms with van der Waals surface area (Å²) in [6.45, 7) is 0. The van der Waals surface area contributed by atoms with Gasteiger partial charge in [-0.15, -0.1) is 0 Å². The highest BCUT2D eigenvalue weighted by Gasteiger charge is 2.30. The van der Waals surface area contributed by atoms with Crippen molar-refractivity contribution < 1.29 is 9.18 Å². The molecule has 2 aromatic carbocycles. The van der Waals surface area contributed by atoms with Crippen molar-refractivity contribution in [2.24, 2.45) is 0 Å². The highest BCUT2D eigenvalue weighted by molar-refractivity contribution is 7.22. The van der Waals surface area contributed by atoms with E-state index >= 15 is 0 Å². The molecule has 1 saturated carbocycles. The van der Waals surface area contributed by atoms with Crippen LogP contribution < -0.4 is 10.6 Å². The van der Waals surface area contributed by atoms with E-state index in [1.165, 1.54) is 22.2 Å². The summed E-state index contributed by atoms with van der Waals surface area (Å²) in [6, 6.07) is 12.2. The van der Waals surface area contributed by atoms with E-state index in [1.807, 2.05) is 24.3 Å².